The molecule has 1 aromatic carbocycles. The number of amides is 2. The average Bonchev–Trinajstić information content (AvgIpc) is 3.37. The molecule has 0 radical (unpaired) electrons. The lowest BCUT2D eigenvalue weighted by molar-refractivity contribution is -0.127. The van der Waals surface area contributed by atoms with Crippen molar-refractivity contribution in [1.29, 1.82) is 0 Å². The number of aromatic nitrogens is 3. The van der Waals surface area contributed by atoms with Crippen molar-refractivity contribution in [2.45, 2.75) is 30.6 Å². The molecule has 0 saturated heterocycles. The van der Waals surface area contributed by atoms with Crippen molar-refractivity contribution in [2.75, 3.05) is 19.8 Å². The standard InChI is InChI=1S/C17H21N5O2S/c1-18-16(24)13-5-3-12(4-6-13)9-21(2)15(23)10-25-17-20-19-11-22(17)14-7-8-14/h3-6,11,14H,7-10H2,1-2H3,(H,18,24). The molecular formula is C17H21N5O2S. The summed E-state index contributed by atoms with van der Waals surface area (Å²) in [5.41, 5.74) is 1.59. The van der Waals surface area contributed by atoms with Crippen molar-refractivity contribution in [3.05, 3.63) is 41.7 Å². The summed E-state index contributed by atoms with van der Waals surface area (Å²) in [5, 5.41) is 11.4. The van der Waals surface area contributed by atoms with Crippen LogP contribution in [0.5, 0.6) is 0 Å². The Kier molecular flexibility index (Phi) is 5.37. The Labute approximate surface area is 150 Å². The summed E-state index contributed by atoms with van der Waals surface area (Å²) in [7, 11) is 3.38. The van der Waals surface area contributed by atoms with E-state index in [1.165, 1.54) is 11.8 Å². The third-order valence-corrected chi connectivity index (χ3v) is 5.04. The second kappa shape index (κ2) is 7.69. The molecule has 0 atom stereocenters. The van der Waals surface area contributed by atoms with Crippen LogP contribution in [0.4, 0.5) is 0 Å². The lowest BCUT2D eigenvalue weighted by Crippen LogP contribution is -2.28. The normalized spacial score (nSPS) is 13.5. The zero-order valence-corrected chi connectivity index (χ0v) is 15.1. The number of carbonyl (C=O) groups is 2. The van der Waals surface area contributed by atoms with Crippen LogP contribution in [-0.2, 0) is 11.3 Å². The SMILES string of the molecule is CNC(=O)c1ccc(CN(C)C(=O)CSc2nncn2C2CC2)cc1. The Morgan fingerprint density at radius 1 is 1.32 bits per heavy atom. The fourth-order valence-electron chi connectivity index (χ4n) is 2.44. The van der Waals surface area contributed by atoms with Gasteiger partial charge >= 0.3 is 0 Å². The third kappa shape index (κ3) is 4.39. The van der Waals surface area contributed by atoms with Gasteiger partial charge in [0.2, 0.25) is 5.91 Å². The first-order valence-corrected chi connectivity index (χ1v) is 9.14. The van der Waals surface area contributed by atoms with Crippen LogP contribution in [0.15, 0.2) is 35.7 Å². The van der Waals surface area contributed by atoms with Crippen molar-refractivity contribution in [3.8, 4) is 0 Å². The summed E-state index contributed by atoms with van der Waals surface area (Å²) in [5.74, 6) is 0.246. The molecule has 2 amide bonds. The Hall–Kier alpha value is -2.35. The molecule has 1 fully saturated rings. The van der Waals surface area contributed by atoms with Gasteiger partial charge in [0.1, 0.15) is 6.33 Å². The molecular weight excluding hydrogens is 338 g/mol. The second-order valence-corrected chi connectivity index (χ2v) is 7.01. The van der Waals surface area contributed by atoms with Gasteiger partial charge in [0.15, 0.2) is 5.16 Å². The molecule has 1 saturated carbocycles. The molecule has 25 heavy (non-hydrogen) atoms. The van der Waals surface area contributed by atoms with Gasteiger partial charge in [-0.1, -0.05) is 23.9 Å². The van der Waals surface area contributed by atoms with Crippen LogP contribution in [0.1, 0.15) is 34.8 Å². The Morgan fingerprint density at radius 2 is 2.04 bits per heavy atom. The highest BCUT2D eigenvalue weighted by molar-refractivity contribution is 7.99. The average molecular weight is 359 g/mol. The summed E-state index contributed by atoms with van der Waals surface area (Å²) in [6, 6.07) is 7.76. The second-order valence-electron chi connectivity index (χ2n) is 6.07. The Morgan fingerprint density at radius 3 is 2.68 bits per heavy atom. The maximum atomic E-state index is 12.3. The van der Waals surface area contributed by atoms with Gasteiger partial charge in [0.25, 0.3) is 5.91 Å². The summed E-state index contributed by atoms with van der Waals surface area (Å²) < 4.78 is 2.05. The van der Waals surface area contributed by atoms with Crippen molar-refractivity contribution in [3.63, 3.8) is 0 Å². The van der Waals surface area contributed by atoms with E-state index in [1.807, 2.05) is 12.1 Å². The maximum absolute atomic E-state index is 12.3. The maximum Gasteiger partial charge on any atom is 0.251 e. The van der Waals surface area contributed by atoms with Crippen LogP contribution in [0.2, 0.25) is 0 Å². The molecule has 132 valence electrons. The van der Waals surface area contributed by atoms with Crippen molar-refractivity contribution < 1.29 is 9.59 Å². The number of hydrogen-bond donors (Lipinski definition) is 1. The minimum Gasteiger partial charge on any atom is -0.355 e. The van der Waals surface area contributed by atoms with E-state index < -0.39 is 0 Å². The van der Waals surface area contributed by atoms with Crippen molar-refractivity contribution in [1.82, 2.24) is 25.0 Å². The third-order valence-electron chi connectivity index (χ3n) is 4.09. The number of rotatable bonds is 7. The van der Waals surface area contributed by atoms with Gasteiger partial charge in [-0.3, -0.25) is 9.59 Å². The van der Waals surface area contributed by atoms with E-state index in [-0.39, 0.29) is 11.8 Å². The van der Waals surface area contributed by atoms with Gasteiger partial charge in [-0.05, 0) is 30.5 Å². The van der Waals surface area contributed by atoms with E-state index in [1.54, 1.807) is 37.5 Å². The first-order valence-electron chi connectivity index (χ1n) is 8.15. The number of nitrogens with zero attached hydrogens (tertiary/aromatic N) is 4. The van der Waals surface area contributed by atoms with Gasteiger partial charge in [0, 0.05) is 32.2 Å². The molecule has 3 rings (SSSR count). The Balaban J connectivity index is 1.52. The first kappa shape index (κ1) is 17.5. The summed E-state index contributed by atoms with van der Waals surface area (Å²) in [4.78, 5) is 25.6. The van der Waals surface area contributed by atoms with Crippen molar-refractivity contribution >= 4 is 23.6 Å². The molecule has 8 heteroatoms. The molecule has 1 heterocycles. The lowest BCUT2D eigenvalue weighted by atomic mass is 10.1. The quantitative estimate of drug-likeness (QED) is 0.762. The minimum absolute atomic E-state index is 0.0331. The van der Waals surface area contributed by atoms with E-state index in [9.17, 15) is 9.59 Å². The van der Waals surface area contributed by atoms with E-state index >= 15 is 0 Å². The van der Waals surface area contributed by atoms with Crippen LogP contribution in [0.3, 0.4) is 0 Å². The van der Waals surface area contributed by atoms with E-state index in [4.69, 9.17) is 0 Å². The van der Waals surface area contributed by atoms with Gasteiger partial charge in [-0.15, -0.1) is 10.2 Å². The van der Waals surface area contributed by atoms with Crippen LogP contribution in [0, 0.1) is 0 Å². The summed E-state index contributed by atoms with van der Waals surface area (Å²) in [6.45, 7) is 0.503. The monoisotopic (exact) mass is 359 g/mol. The van der Waals surface area contributed by atoms with Gasteiger partial charge < -0.3 is 14.8 Å². The number of benzene rings is 1. The number of hydrogen-bond acceptors (Lipinski definition) is 5. The molecule has 1 aromatic heterocycles. The molecule has 7 nitrogen and oxygen atoms in total. The Bertz CT molecular complexity index is 755. The van der Waals surface area contributed by atoms with Crippen LogP contribution < -0.4 is 5.32 Å². The largest absolute Gasteiger partial charge is 0.355 e. The van der Waals surface area contributed by atoms with E-state index in [0.717, 1.165) is 23.6 Å². The molecule has 2 aromatic rings. The summed E-state index contributed by atoms with van der Waals surface area (Å²) >= 11 is 1.42. The number of thioether (sulfide) groups is 1. The molecule has 0 bridgehead atoms. The number of nitrogens with one attached hydrogen (secondary N) is 1. The number of carbonyl (C=O) groups excluding carboxylic acids is 2. The predicted octanol–water partition coefficient (Wildman–Crippen LogP) is 1.72. The van der Waals surface area contributed by atoms with Crippen LogP contribution >= 0.6 is 11.8 Å². The molecule has 0 unspecified atom stereocenters. The lowest BCUT2D eigenvalue weighted by Gasteiger charge is -2.17. The fraction of sp³-hybridized carbons (Fsp3) is 0.412. The van der Waals surface area contributed by atoms with Gasteiger partial charge in [-0.25, -0.2) is 0 Å². The molecule has 1 aliphatic carbocycles. The smallest absolute Gasteiger partial charge is 0.251 e. The van der Waals surface area contributed by atoms with Crippen LogP contribution in [-0.4, -0.2) is 51.3 Å². The fourth-order valence-corrected chi connectivity index (χ4v) is 3.37. The van der Waals surface area contributed by atoms with E-state index in [0.29, 0.717) is 23.9 Å². The predicted molar refractivity (Wildman–Crippen MR) is 95.3 cm³/mol. The highest BCUT2D eigenvalue weighted by Crippen LogP contribution is 2.37. The first-order chi connectivity index (χ1) is 12.1. The molecule has 0 aliphatic heterocycles. The van der Waals surface area contributed by atoms with Gasteiger partial charge in [0.05, 0.1) is 5.75 Å². The van der Waals surface area contributed by atoms with Crippen LogP contribution in [0.25, 0.3) is 0 Å². The van der Waals surface area contributed by atoms with Gasteiger partial charge in [-0.2, -0.15) is 0 Å². The zero-order chi connectivity index (χ0) is 17.8. The molecule has 1 aliphatic rings. The van der Waals surface area contributed by atoms with E-state index in [2.05, 4.69) is 20.1 Å². The topological polar surface area (TPSA) is 80.1 Å². The van der Waals surface area contributed by atoms with Crippen molar-refractivity contribution in [2.24, 2.45) is 0 Å². The highest BCUT2D eigenvalue weighted by atomic mass is 32.2. The highest BCUT2D eigenvalue weighted by Gasteiger charge is 2.26. The zero-order valence-electron chi connectivity index (χ0n) is 14.3. The summed E-state index contributed by atoms with van der Waals surface area (Å²) in [6.07, 6.45) is 4.05. The molecule has 0 spiro atoms. The molecule has 1 N–H and O–H groups in total. The minimum atomic E-state index is -0.118.